The van der Waals surface area contributed by atoms with Gasteiger partial charge in [-0.2, -0.15) is 6.08 Å². The summed E-state index contributed by atoms with van der Waals surface area (Å²) >= 11 is 0. The number of aromatic nitrogens is 1. The third-order valence-electron chi connectivity index (χ3n) is 2.96. The number of rotatable bonds is 1. The van der Waals surface area contributed by atoms with E-state index in [1.54, 1.807) is 0 Å². The van der Waals surface area contributed by atoms with Crippen LogP contribution in [-0.4, -0.2) is 4.33 Å². The molecule has 4 rings (SSSR count). The van der Waals surface area contributed by atoms with Crippen molar-refractivity contribution in [3.8, 4) is 5.69 Å². The molecule has 1 heterocycles. The minimum atomic E-state index is 0. The Morgan fingerprint density at radius 2 is 1.95 bits per heavy atom. The second-order valence-electron chi connectivity index (χ2n) is 4.30. The molecule has 0 N–H and O–H groups in total. The fraction of sp³-hybridized carbons (Fsp3) is 0.0588. The number of hydrogen-bond donors (Lipinski definition) is 0. The van der Waals surface area contributed by atoms with Gasteiger partial charge in [0.2, 0.25) is 0 Å². The number of nitrogens with zero attached hydrogens (tertiary/aromatic N) is 1. The molecule has 0 saturated heterocycles. The quantitative estimate of drug-likeness (QED) is 0.299. The molecule has 0 spiro atoms. The van der Waals surface area contributed by atoms with Crippen LogP contribution in [0.1, 0.15) is 6.42 Å². The Morgan fingerprint density at radius 3 is 2.50 bits per heavy atom. The summed E-state index contributed by atoms with van der Waals surface area (Å²) in [6, 6.07) is 15.0. The van der Waals surface area contributed by atoms with Crippen molar-refractivity contribution in [2.45, 2.75) is 6.42 Å². The molecular weight excluding hydrogens is 499 g/mol. The van der Waals surface area contributed by atoms with Crippen molar-refractivity contribution in [1.29, 1.82) is 0 Å². The Bertz CT molecular complexity index is 674. The summed E-state index contributed by atoms with van der Waals surface area (Å²) < 4.78 is 2.22. The van der Waals surface area contributed by atoms with Gasteiger partial charge in [-0.15, -0.1) is 47.5 Å². The molecule has 0 atom stereocenters. The van der Waals surface area contributed by atoms with Gasteiger partial charge in [0.1, 0.15) is 0 Å². The van der Waals surface area contributed by atoms with Crippen LogP contribution in [0.25, 0.3) is 16.5 Å². The van der Waals surface area contributed by atoms with Crippen LogP contribution < -0.4 is 24.8 Å². The molecule has 0 aliphatic heterocycles. The maximum absolute atomic E-state index is 2.99. The number of benzene rings is 1. The van der Waals surface area contributed by atoms with E-state index in [4.69, 9.17) is 0 Å². The van der Waals surface area contributed by atoms with E-state index < -0.39 is 0 Å². The summed E-state index contributed by atoms with van der Waals surface area (Å²) in [5.41, 5.74) is 1.28. The van der Waals surface area contributed by atoms with Crippen LogP contribution in [0.3, 0.4) is 0 Å². The molecule has 2 aromatic carbocycles. The molecule has 22 heavy (non-hydrogen) atoms. The Hall–Kier alpha value is -0.530. The molecule has 0 bridgehead atoms. The minimum absolute atomic E-state index is 0. The third kappa shape index (κ3) is 5.59. The van der Waals surface area contributed by atoms with Gasteiger partial charge in [-0.25, -0.2) is 12.2 Å². The fourth-order valence-corrected chi connectivity index (χ4v) is 2.73. The van der Waals surface area contributed by atoms with E-state index in [1.165, 1.54) is 24.8 Å². The Kier molecular flexibility index (Phi) is 10.8. The van der Waals surface area contributed by atoms with Crippen LogP contribution in [0, 0.1) is 6.08 Å². The van der Waals surface area contributed by atoms with Crippen LogP contribution in [0.5, 0.6) is 0 Å². The van der Waals surface area contributed by atoms with Crippen molar-refractivity contribution in [3.63, 3.8) is 0 Å². The van der Waals surface area contributed by atoms with Gasteiger partial charge in [0.25, 0.3) is 0 Å². The average Bonchev–Trinajstić information content (AvgIpc) is 3.20. The van der Waals surface area contributed by atoms with Crippen LogP contribution in [-0.2, 0) is 25.8 Å². The first-order valence-electron chi connectivity index (χ1n) is 6.31. The first kappa shape index (κ1) is 21.5. The second kappa shape index (κ2) is 11.1. The van der Waals surface area contributed by atoms with Crippen LogP contribution >= 0.6 is 8.35 Å². The van der Waals surface area contributed by atoms with Gasteiger partial charge in [0, 0.05) is 14.5 Å². The second-order valence-corrected chi connectivity index (χ2v) is 5.26. The van der Waals surface area contributed by atoms with Crippen LogP contribution in [0.4, 0.5) is 0 Å². The predicted octanol–water partition coefficient (Wildman–Crippen LogP) is -0.759. The summed E-state index contributed by atoms with van der Waals surface area (Å²) in [4.78, 5) is 0. The smallest absolute Gasteiger partial charge is 1.00 e. The molecule has 0 amide bonds. The first-order chi connectivity index (χ1) is 9.43. The van der Waals surface area contributed by atoms with E-state index in [0.717, 1.165) is 6.42 Å². The molecule has 1 aliphatic carbocycles. The molecule has 1 aromatic heterocycles. The van der Waals surface area contributed by atoms with E-state index in [9.17, 15) is 0 Å². The summed E-state index contributed by atoms with van der Waals surface area (Å²) in [6.45, 7) is 0. The number of hydrogen-bond acceptors (Lipinski definition) is 0. The number of halogens is 2. The predicted molar refractivity (Wildman–Crippen MR) is 83.0 cm³/mol. The van der Waals surface area contributed by atoms with Gasteiger partial charge in [-0.05, 0) is 17.6 Å². The van der Waals surface area contributed by atoms with E-state index in [-0.39, 0.29) is 50.7 Å². The minimum Gasteiger partial charge on any atom is -1.00 e. The van der Waals surface area contributed by atoms with Gasteiger partial charge < -0.3 is 29.1 Å². The van der Waals surface area contributed by atoms with Gasteiger partial charge in [-0.3, -0.25) is 6.08 Å². The Balaban J connectivity index is 0.000000482. The van der Waals surface area contributed by atoms with Crippen molar-refractivity contribution < 1.29 is 50.7 Å². The maximum Gasteiger partial charge on any atom is 4.00 e. The zero-order valence-electron chi connectivity index (χ0n) is 11.8. The van der Waals surface area contributed by atoms with Gasteiger partial charge in [0.15, 0.2) is 0 Å². The number of fused-ring (bicyclic) bond motifs is 1. The topological polar surface area (TPSA) is 4.93 Å². The summed E-state index contributed by atoms with van der Waals surface area (Å²) in [7, 11) is 1.23. The standard InChI is InChI=1S/C12H9NP.C5H5.2ClH.Hf/c1-2-5-11-9-12(8-10(11)4-1)13-6-3-7-14-13;1-2-4-5-3-1;;;/h1-9H;1-3H,4H2;2*1H;/q2*-1;;;+4/p-2. The molecule has 1 nitrogen and oxygen atoms in total. The van der Waals surface area contributed by atoms with Crippen molar-refractivity contribution in [1.82, 2.24) is 4.33 Å². The summed E-state index contributed by atoms with van der Waals surface area (Å²) in [6.07, 6.45) is 12.1. The molecule has 1 aliphatic rings. The van der Waals surface area contributed by atoms with Gasteiger partial charge >= 0.3 is 25.8 Å². The fourth-order valence-electron chi connectivity index (χ4n) is 2.03. The number of allylic oxidation sites excluding steroid dienone is 4. The van der Waals surface area contributed by atoms with Crippen molar-refractivity contribution >= 4 is 19.1 Å². The maximum atomic E-state index is 2.99. The van der Waals surface area contributed by atoms with Crippen LogP contribution in [0.15, 0.2) is 72.7 Å². The normalized spacial score (nSPS) is 11.3. The largest absolute Gasteiger partial charge is 4.00 e. The van der Waals surface area contributed by atoms with E-state index in [1.807, 2.05) is 12.2 Å². The summed E-state index contributed by atoms with van der Waals surface area (Å²) in [5, 5.41) is 2.64. The molecule has 3 aromatic rings. The van der Waals surface area contributed by atoms with Crippen molar-refractivity contribution in [2.24, 2.45) is 0 Å². The Labute approximate surface area is 164 Å². The monoisotopic (exact) mass is 513 g/mol. The molecule has 110 valence electrons. The Morgan fingerprint density at radius 1 is 1.14 bits per heavy atom. The molecule has 5 heteroatoms. The SMILES string of the molecule is [C-]1=CC=CC1.[Cl-].[Cl-].[Hf+4].c1ccc2[cH-]c(-n3cccp3)cc2c1. The van der Waals surface area contributed by atoms with E-state index in [2.05, 4.69) is 70.9 Å². The molecule has 0 saturated carbocycles. The molecule has 0 radical (unpaired) electrons. The van der Waals surface area contributed by atoms with E-state index >= 15 is 0 Å². The zero-order chi connectivity index (χ0) is 12.9. The molecule has 0 unspecified atom stereocenters. The first-order valence-corrected chi connectivity index (χ1v) is 7.22. The third-order valence-corrected chi connectivity index (χ3v) is 3.88. The summed E-state index contributed by atoms with van der Waals surface area (Å²) in [5.74, 6) is 2.14. The van der Waals surface area contributed by atoms with Crippen LogP contribution in [0.2, 0.25) is 0 Å². The molecular formula is C17H14Cl2HfNP. The van der Waals surface area contributed by atoms with Gasteiger partial charge in [0.05, 0.1) is 0 Å². The van der Waals surface area contributed by atoms with Crippen molar-refractivity contribution in [2.75, 3.05) is 0 Å². The zero-order valence-corrected chi connectivity index (χ0v) is 17.8. The van der Waals surface area contributed by atoms with Crippen molar-refractivity contribution in [3.05, 3.63) is 78.8 Å². The average molecular weight is 513 g/mol. The van der Waals surface area contributed by atoms with E-state index in [0.29, 0.717) is 0 Å². The molecule has 0 fully saturated rings. The van der Waals surface area contributed by atoms with Gasteiger partial charge in [-0.1, -0.05) is 6.07 Å².